The fourth-order valence-electron chi connectivity index (χ4n) is 4.71. The number of rotatable bonds is 46. The molecule has 0 atom stereocenters. The largest absolute Gasteiger partial charge is 0.460 e. The minimum atomic E-state index is -0.356. The fraction of sp³-hybridized carbons (Fsp3) is 0.829. The molecule has 0 heterocycles. The molecule has 55 heavy (non-hydrogen) atoms. The maximum absolute atomic E-state index is 11.8. The number of esters is 1. The van der Waals surface area contributed by atoms with Crippen molar-refractivity contribution >= 4 is 5.97 Å². The third kappa shape index (κ3) is 40.2. The molecule has 1 rings (SSSR count). The Morgan fingerprint density at radius 1 is 0.327 bits per heavy atom. The highest BCUT2D eigenvalue weighted by molar-refractivity contribution is 5.89. The molecule has 0 aromatic heterocycles. The Balaban J connectivity index is 1.61. The van der Waals surface area contributed by atoms with Crippen LogP contribution in [0, 0.1) is 0 Å². The summed E-state index contributed by atoms with van der Waals surface area (Å²) in [6.45, 7) is 14.8. The standard InChI is InChI=1S/C41H74O14/c1-2-3-4-5-6-7-8-12-15-43-16-17-44-18-19-45-20-21-46-22-23-47-24-25-48-26-27-49-28-29-50-30-31-51-32-33-52-34-35-53-36-37-54-38-39-55-41(42)40-13-10-9-11-14-40/h9-11,13-14H,2-8,12,15-39H2,1H3. The van der Waals surface area contributed by atoms with Crippen LogP contribution in [0.3, 0.4) is 0 Å². The highest BCUT2D eigenvalue weighted by Gasteiger charge is 2.05. The molecule has 0 aliphatic carbocycles. The summed E-state index contributed by atoms with van der Waals surface area (Å²) in [4.78, 5) is 11.8. The van der Waals surface area contributed by atoms with Gasteiger partial charge in [0, 0.05) is 6.61 Å². The first kappa shape index (κ1) is 51.2. The van der Waals surface area contributed by atoms with Gasteiger partial charge in [-0.3, -0.25) is 0 Å². The van der Waals surface area contributed by atoms with Gasteiger partial charge in [-0.2, -0.15) is 0 Å². The lowest BCUT2D eigenvalue weighted by atomic mass is 10.1. The topological polar surface area (TPSA) is 137 Å². The third-order valence-electron chi connectivity index (χ3n) is 7.70. The summed E-state index contributed by atoms with van der Waals surface area (Å²) in [5.74, 6) is -0.356. The Morgan fingerprint density at radius 3 is 0.891 bits per heavy atom. The smallest absolute Gasteiger partial charge is 0.338 e. The molecule has 0 aliphatic rings. The molecular weight excluding hydrogens is 716 g/mol. The Hall–Kier alpha value is -1.79. The molecule has 1 aromatic carbocycles. The van der Waals surface area contributed by atoms with Gasteiger partial charge in [-0.05, 0) is 18.6 Å². The lowest BCUT2D eigenvalue weighted by Gasteiger charge is -2.09. The molecule has 0 unspecified atom stereocenters. The van der Waals surface area contributed by atoms with Crippen LogP contribution in [0.4, 0.5) is 0 Å². The lowest BCUT2D eigenvalue weighted by Crippen LogP contribution is -2.15. The van der Waals surface area contributed by atoms with Crippen LogP contribution in [0.25, 0.3) is 0 Å². The lowest BCUT2D eigenvalue weighted by molar-refractivity contribution is -0.0288. The highest BCUT2D eigenvalue weighted by atomic mass is 16.6. The monoisotopic (exact) mass is 791 g/mol. The van der Waals surface area contributed by atoms with Gasteiger partial charge >= 0.3 is 5.97 Å². The van der Waals surface area contributed by atoms with Crippen LogP contribution in [0.5, 0.6) is 0 Å². The number of hydrogen-bond donors (Lipinski definition) is 0. The van der Waals surface area contributed by atoms with Crippen LogP contribution >= 0.6 is 0 Å². The second kappa shape index (κ2) is 44.9. The molecule has 322 valence electrons. The van der Waals surface area contributed by atoms with Gasteiger partial charge in [0.1, 0.15) is 6.61 Å². The van der Waals surface area contributed by atoms with E-state index in [2.05, 4.69) is 6.92 Å². The molecule has 1 aromatic rings. The van der Waals surface area contributed by atoms with E-state index in [4.69, 9.17) is 61.6 Å². The average Bonchev–Trinajstić information content (AvgIpc) is 3.21. The van der Waals surface area contributed by atoms with Crippen molar-refractivity contribution in [2.75, 3.05) is 165 Å². The summed E-state index contributed by atoms with van der Waals surface area (Å²) in [5, 5.41) is 0. The van der Waals surface area contributed by atoms with Gasteiger partial charge in [0.2, 0.25) is 0 Å². The summed E-state index contributed by atoms with van der Waals surface area (Å²) in [7, 11) is 0. The van der Waals surface area contributed by atoms with Gasteiger partial charge in [0.25, 0.3) is 0 Å². The predicted molar refractivity (Wildman–Crippen MR) is 209 cm³/mol. The first-order chi connectivity index (χ1) is 27.3. The molecule has 14 heteroatoms. The van der Waals surface area contributed by atoms with E-state index in [0.717, 1.165) is 13.0 Å². The van der Waals surface area contributed by atoms with Crippen LogP contribution < -0.4 is 0 Å². The molecule has 14 nitrogen and oxygen atoms in total. The molecule has 0 saturated heterocycles. The highest BCUT2D eigenvalue weighted by Crippen LogP contribution is 2.08. The van der Waals surface area contributed by atoms with E-state index in [1.54, 1.807) is 24.3 Å². The Labute approximate surface area is 331 Å². The molecule has 0 fully saturated rings. The van der Waals surface area contributed by atoms with E-state index in [-0.39, 0.29) is 12.6 Å². The Kier molecular flexibility index (Phi) is 41.8. The second-order valence-electron chi connectivity index (χ2n) is 12.3. The predicted octanol–water partition coefficient (Wildman–Crippen LogP) is 5.18. The minimum absolute atomic E-state index is 0.201. The van der Waals surface area contributed by atoms with Gasteiger partial charge in [-0.25, -0.2) is 4.79 Å². The molecule has 0 N–H and O–H groups in total. The van der Waals surface area contributed by atoms with Crippen LogP contribution in [-0.2, 0) is 61.6 Å². The maximum Gasteiger partial charge on any atom is 0.338 e. The molecule has 0 saturated carbocycles. The molecular formula is C41H74O14. The summed E-state index contributed by atoms with van der Waals surface area (Å²) in [6.07, 6.45) is 10.5. The van der Waals surface area contributed by atoms with E-state index in [1.807, 2.05) is 6.07 Å². The minimum Gasteiger partial charge on any atom is -0.460 e. The van der Waals surface area contributed by atoms with Gasteiger partial charge < -0.3 is 61.6 Å². The summed E-state index contributed by atoms with van der Waals surface area (Å²) in [5.41, 5.74) is 0.526. The molecule has 0 radical (unpaired) electrons. The normalized spacial score (nSPS) is 11.4. The van der Waals surface area contributed by atoms with E-state index >= 15 is 0 Å². The number of ether oxygens (including phenoxy) is 13. The first-order valence-electron chi connectivity index (χ1n) is 20.5. The number of carbonyl (C=O) groups excluding carboxylic acids is 1. The van der Waals surface area contributed by atoms with Crippen molar-refractivity contribution in [3.05, 3.63) is 35.9 Å². The number of carbonyl (C=O) groups is 1. The fourth-order valence-corrected chi connectivity index (χ4v) is 4.71. The van der Waals surface area contributed by atoms with Crippen LogP contribution in [0.15, 0.2) is 30.3 Å². The zero-order valence-electron chi connectivity index (χ0n) is 33.9. The zero-order valence-corrected chi connectivity index (χ0v) is 33.9. The summed E-state index contributed by atoms with van der Waals surface area (Å²) < 4.78 is 71.2. The van der Waals surface area contributed by atoms with Gasteiger partial charge in [-0.1, -0.05) is 70.1 Å². The van der Waals surface area contributed by atoms with Crippen molar-refractivity contribution in [2.45, 2.75) is 58.3 Å². The molecule has 0 aliphatic heterocycles. The van der Waals surface area contributed by atoms with Crippen molar-refractivity contribution in [1.82, 2.24) is 0 Å². The third-order valence-corrected chi connectivity index (χ3v) is 7.70. The van der Waals surface area contributed by atoms with Crippen molar-refractivity contribution in [3.63, 3.8) is 0 Å². The van der Waals surface area contributed by atoms with Crippen molar-refractivity contribution in [1.29, 1.82) is 0 Å². The van der Waals surface area contributed by atoms with Crippen LogP contribution in [-0.4, -0.2) is 171 Å². The second-order valence-corrected chi connectivity index (χ2v) is 12.3. The van der Waals surface area contributed by atoms with Crippen molar-refractivity contribution < 1.29 is 66.4 Å². The van der Waals surface area contributed by atoms with E-state index in [9.17, 15) is 4.79 Å². The van der Waals surface area contributed by atoms with Crippen molar-refractivity contribution in [2.24, 2.45) is 0 Å². The van der Waals surface area contributed by atoms with Crippen LogP contribution in [0.2, 0.25) is 0 Å². The Morgan fingerprint density at radius 2 is 0.582 bits per heavy atom. The van der Waals surface area contributed by atoms with E-state index < -0.39 is 0 Å². The number of benzene rings is 1. The Bertz CT molecular complexity index is 882. The molecule has 0 amide bonds. The van der Waals surface area contributed by atoms with Gasteiger partial charge in [-0.15, -0.1) is 0 Å². The number of unbranched alkanes of at least 4 members (excludes halogenated alkanes) is 7. The molecule has 0 bridgehead atoms. The van der Waals surface area contributed by atoms with E-state index in [0.29, 0.717) is 158 Å². The molecule has 0 spiro atoms. The summed E-state index contributed by atoms with van der Waals surface area (Å²) in [6, 6.07) is 8.86. The van der Waals surface area contributed by atoms with Crippen LogP contribution in [0.1, 0.15) is 68.6 Å². The quantitative estimate of drug-likeness (QED) is 0.0634. The van der Waals surface area contributed by atoms with E-state index in [1.165, 1.54) is 44.9 Å². The SMILES string of the molecule is CCCCCCCCCCOCCOCCOCCOCCOCCOCCOCCOCCOCCOCCOCCOCCOC(=O)c1ccccc1. The zero-order chi connectivity index (χ0) is 39.2. The maximum atomic E-state index is 11.8. The summed E-state index contributed by atoms with van der Waals surface area (Å²) >= 11 is 0. The van der Waals surface area contributed by atoms with Gasteiger partial charge in [0.15, 0.2) is 0 Å². The van der Waals surface area contributed by atoms with Crippen molar-refractivity contribution in [3.8, 4) is 0 Å². The van der Waals surface area contributed by atoms with Gasteiger partial charge in [0.05, 0.1) is 158 Å². The number of hydrogen-bond acceptors (Lipinski definition) is 14. The first-order valence-corrected chi connectivity index (χ1v) is 20.5. The average molecular weight is 791 g/mol.